The van der Waals surface area contributed by atoms with E-state index in [0.29, 0.717) is 18.4 Å². The number of likely N-dealkylation sites (tertiary alicyclic amines) is 1. The quantitative estimate of drug-likeness (QED) is 0.751. The summed E-state index contributed by atoms with van der Waals surface area (Å²) in [4.78, 5) is 13.9. The Morgan fingerprint density at radius 1 is 1.50 bits per heavy atom. The minimum Gasteiger partial charge on any atom is -0.356 e. The van der Waals surface area contributed by atoms with Gasteiger partial charge in [-0.3, -0.25) is 4.79 Å². The highest BCUT2D eigenvalue weighted by atomic mass is 16.1. The van der Waals surface area contributed by atoms with Crippen LogP contribution in [0.4, 0.5) is 0 Å². The molecule has 0 aliphatic carbocycles. The molecule has 0 aromatic rings. The predicted octanol–water partition coefficient (Wildman–Crippen LogP) is 2.02. The highest BCUT2D eigenvalue weighted by molar-refractivity contribution is 5.75. The maximum absolute atomic E-state index is 11.4. The smallest absolute Gasteiger partial charge is 0.220 e. The van der Waals surface area contributed by atoms with Gasteiger partial charge in [0.15, 0.2) is 0 Å². The molecule has 3 nitrogen and oxygen atoms in total. The van der Waals surface area contributed by atoms with Crippen molar-refractivity contribution in [2.75, 3.05) is 19.6 Å². The molecule has 3 heteroatoms. The Morgan fingerprint density at radius 3 is 2.81 bits per heavy atom. The number of nitrogens with one attached hydrogen (secondary N) is 1. The first-order valence-corrected chi connectivity index (χ1v) is 6.64. The van der Waals surface area contributed by atoms with Gasteiger partial charge in [0.05, 0.1) is 0 Å². The maximum Gasteiger partial charge on any atom is 0.220 e. The molecule has 1 saturated heterocycles. The van der Waals surface area contributed by atoms with Crippen LogP contribution in [0.1, 0.15) is 46.5 Å². The van der Waals surface area contributed by atoms with Gasteiger partial charge in [-0.2, -0.15) is 0 Å². The number of rotatable bonds is 6. The fraction of sp³-hybridized carbons (Fsp3) is 0.923. The lowest BCUT2D eigenvalue weighted by molar-refractivity contribution is -0.121. The number of nitrogens with zero attached hydrogens (tertiary/aromatic N) is 1. The fourth-order valence-electron chi connectivity index (χ4n) is 2.18. The summed E-state index contributed by atoms with van der Waals surface area (Å²) in [6.07, 6.45) is 4.02. The molecule has 0 aromatic heterocycles. The molecule has 1 heterocycles. The average molecular weight is 226 g/mol. The third kappa shape index (κ3) is 4.52. The number of carbonyl (C=O) groups is 1. The van der Waals surface area contributed by atoms with E-state index in [9.17, 15) is 4.79 Å². The van der Waals surface area contributed by atoms with Gasteiger partial charge >= 0.3 is 0 Å². The lowest BCUT2D eigenvalue weighted by Crippen LogP contribution is -2.32. The summed E-state index contributed by atoms with van der Waals surface area (Å²) >= 11 is 0. The summed E-state index contributed by atoms with van der Waals surface area (Å²) in [7, 11) is 0. The number of amides is 1. The zero-order valence-electron chi connectivity index (χ0n) is 11.0. The summed E-state index contributed by atoms with van der Waals surface area (Å²) in [6.45, 7) is 9.79. The van der Waals surface area contributed by atoms with Gasteiger partial charge < -0.3 is 10.2 Å². The van der Waals surface area contributed by atoms with Crippen LogP contribution >= 0.6 is 0 Å². The van der Waals surface area contributed by atoms with E-state index < -0.39 is 0 Å². The van der Waals surface area contributed by atoms with E-state index in [4.69, 9.17) is 0 Å². The molecule has 0 radical (unpaired) electrons. The summed E-state index contributed by atoms with van der Waals surface area (Å²) in [5.41, 5.74) is 0. The van der Waals surface area contributed by atoms with Crippen molar-refractivity contribution in [3.8, 4) is 0 Å². The highest BCUT2D eigenvalue weighted by Crippen LogP contribution is 2.17. The molecule has 16 heavy (non-hydrogen) atoms. The molecule has 0 spiro atoms. The van der Waals surface area contributed by atoms with Gasteiger partial charge in [-0.15, -0.1) is 0 Å². The van der Waals surface area contributed by atoms with Crippen LogP contribution in [0.3, 0.4) is 0 Å². The van der Waals surface area contributed by atoms with Crippen LogP contribution < -0.4 is 5.32 Å². The molecule has 1 fully saturated rings. The summed E-state index contributed by atoms with van der Waals surface area (Å²) in [5, 5.41) is 3.05. The van der Waals surface area contributed by atoms with Gasteiger partial charge in [0, 0.05) is 25.6 Å². The molecule has 1 atom stereocenters. The average Bonchev–Trinajstić information content (AvgIpc) is 2.72. The molecular formula is C13H26N2O. The van der Waals surface area contributed by atoms with Crippen LogP contribution in [0, 0.1) is 5.92 Å². The largest absolute Gasteiger partial charge is 0.356 e. The molecule has 0 aromatic carbocycles. The van der Waals surface area contributed by atoms with E-state index >= 15 is 0 Å². The molecule has 1 unspecified atom stereocenters. The third-order valence-electron chi connectivity index (χ3n) is 3.39. The highest BCUT2D eigenvalue weighted by Gasteiger charge is 2.24. The minimum atomic E-state index is 0.227. The van der Waals surface area contributed by atoms with E-state index in [0.717, 1.165) is 25.9 Å². The lowest BCUT2D eigenvalue weighted by Gasteiger charge is -2.20. The van der Waals surface area contributed by atoms with Gasteiger partial charge in [-0.05, 0) is 39.2 Å². The van der Waals surface area contributed by atoms with Crippen LogP contribution in [0.25, 0.3) is 0 Å². The number of hydrogen-bond donors (Lipinski definition) is 1. The van der Waals surface area contributed by atoms with E-state index in [-0.39, 0.29) is 5.91 Å². The third-order valence-corrected chi connectivity index (χ3v) is 3.39. The Morgan fingerprint density at radius 2 is 2.25 bits per heavy atom. The van der Waals surface area contributed by atoms with E-state index in [1.54, 1.807) is 0 Å². The van der Waals surface area contributed by atoms with Crippen molar-refractivity contribution in [2.24, 2.45) is 5.92 Å². The topological polar surface area (TPSA) is 32.3 Å². The number of unbranched alkanes of at least 4 members (excludes halogenated alkanes) is 1. The Balaban J connectivity index is 2.12. The number of hydrogen-bond acceptors (Lipinski definition) is 2. The van der Waals surface area contributed by atoms with Gasteiger partial charge in [-0.25, -0.2) is 0 Å². The first kappa shape index (κ1) is 13.5. The zero-order valence-corrected chi connectivity index (χ0v) is 11.0. The second-order valence-corrected chi connectivity index (χ2v) is 5.15. The molecule has 94 valence electrons. The molecule has 1 amide bonds. The van der Waals surface area contributed by atoms with Gasteiger partial charge in [0.2, 0.25) is 5.91 Å². The summed E-state index contributed by atoms with van der Waals surface area (Å²) in [6, 6.07) is 0.640. The second kappa shape index (κ2) is 6.89. The van der Waals surface area contributed by atoms with Crippen molar-refractivity contribution in [3.63, 3.8) is 0 Å². The van der Waals surface area contributed by atoms with Crippen LogP contribution in [0.15, 0.2) is 0 Å². The van der Waals surface area contributed by atoms with Crippen molar-refractivity contribution in [1.29, 1.82) is 0 Å². The van der Waals surface area contributed by atoms with E-state index in [1.807, 2.05) is 0 Å². The second-order valence-electron chi connectivity index (χ2n) is 5.15. The molecule has 1 N–H and O–H groups in total. The van der Waals surface area contributed by atoms with Crippen molar-refractivity contribution < 1.29 is 4.79 Å². The predicted molar refractivity (Wildman–Crippen MR) is 67.4 cm³/mol. The molecule has 1 aliphatic heterocycles. The first-order chi connectivity index (χ1) is 7.63. The molecule has 0 bridgehead atoms. The molecular weight excluding hydrogens is 200 g/mol. The Labute approximate surface area is 99.6 Å². The molecule has 1 aliphatic rings. The SMILES string of the molecule is CCCCC(=O)NCC1CCN(C(C)C)C1. The Kier molecular flexibility index (Phi) is 5.81. The van der Waals surface area contributed by atoms with E-state index in [2.05, 4.69) is 31.0 Å². The summed E-state index contributed by atoms with van der Waals surface area (Å²) in [5.74, 6) is 0.887. The van der Waals surface area contributed by atoms with Crippen molar-refractivity contribution in [2.45, 2.75) is 52.5 Å². The van der Waals surface area contributed by atoms with Gasteiger partial charge in [-0.1, -0.05) is 13.3 Å². The van der Waals surface area contributed by atoms with Crippen LogP contribution in [0.5, 0.6) is 0 Å². The summed E-state index contributed by atoms with van der Waals surface area (Å²) < 4.78 is 0. The number of carbonyl (C=O) groups excluding carboxylic acids is 1. The monoisotopic (exact) mass is 226 g/mol. The van der Waals surface area contributed by atoms with Crippen molar-refractivity contribution >= 4 is 5.91 Å². The lowest BCUT2D eigenvalue weighted by atomic mass is 10.1. The van der Waals surface area contributed by atoms with Crippen LogP contribution in [-0.2, 0) is 4.79 Å². The molecule has 1 rings (SSSR count). The van der Waals surface area contributed by atoms with Crippen LogP contribution in [0.2, 0.25) is 0 Å². The normalized spacial score (nSPS) is 21.6. The van der Waals surface area contributed by atoms with Gasteiger partial charge in [0.25, 0.3) is 0 Å². The van der Waals surface area contributed by atoms with Crippen molar-refractivity contribution in [3.05, 3.63) is 0 Å². The fourth-order valence-corrected chi connectivity index (χ4v) is 2.18. The van der Waals surface area contributed by atoms with Crippen molar-refractivity contribution in [1.82, 2.24) is 10.2 Å². The Hall–Kier alpha value is -0.570. The zero-order chi connectivity index (χ0) is 12.0. The Bertz CT molecular complexity index is 216. The first-order valence-electron chi connectivity index (χ1n) is 6.64. The minimum absolute atomic E-state index is 0.227. The van der Waals surface area contributed by atoms with E-state index in [1.165, 1.54) is 13.0 Å². The maximum atomic E-state index is 11.4. The van der Waals surface area contributed by atoms with Crippen LogP contribution in [-0.4, -0.2) is 36.5 Å². The van der Waals surface area contributed by atoms with Gasteiger partial charge in [0.1, 0.15) is 0 Å². The molecule has 0 saturated carbocycles. The standard InChI is InChI=1S/C13H26N2O/c1-4-5-6-13(16)14-9-12-7-8-15(10-12)11(2)3/h11-12H,4-10H2,1-3H3,(H,14,16).